The number of halogens is 1. The number of carbonyl (C=O) groups is 1. The minimum Gasteiger partial charge on any atom is -0.490 e. The summed E-state index contributed by atoms with van der Waals surface area (Å²) in [6.45, 7) is 7.01. The van der Waals surface area contributed by atoms with Gasteiger partial charge in [0.25, 0.3) is 0 Å². The molecule has 10 heteroatoms. The van der Waals surface area contributed by atoms with Crippen molar-refractivity contribution in [3.8, 4) is 28.7 Å². The number of carbonyl (C=O) groups excluding carboxylic acids is 1. The first-order chi connectivity index (χ1) is 14.5. The third-order valence-electron chi connectivity index (χ3n) is 3.79. The summed E-state index contributed by atoms with van der Waals surface area (Å²) in [5.74, 6) is 1.49. The monoisotopic (exact) mass is 451 g/mol. The van der Waals surface area contributed by atoms with E-state index in [1.807, 2.05) is 20.8 Å². The van der Waals surface area contributed by atoms with Crippen LogP contribution in [0.4, 0.5) is 6.01 Å². The van der Waals surface area contributed by atoms with E-state index in [9.17, 15) is 4.79 Å². The van der Waals surface area contributed by atoms with Gasteiger partial charge in [-0.15, -0.1) is 16.4 Å². The zero-order chi connectivity index (χ0) is 21.5. The van der Waals surface area contributed by atoms with Crippen molar-refractivity contribution in [2.75, 3.05) is 25.1 Å². The maximum absolute atomic E-state index is 12.2. The smallest absolute Gasteiger partial charge is 0.322 e. The fraction of sp³-hybridized carbons (Fsp3) is 0.350. The largest absolute Gasteiger partial charge is 0.490 e. The average Bonchev–Trinajstić information content (AvgIpc) is 3.33. The third kappa shape index (κ3) is 5.43. The predicted molar refractivity (Wildman–Crippen MR) is 115 cm³/mol. The second-order valence-corrected chi connectivity index (χ2v) is 7.74. The van der Waals surface area contributed by atoms with Crippen molar-refractivity contribution in [3.05, 3.63) is 33.5 Å². The molecule has 1 N–H and O–H groups in total. The third-order valence-corrected chi connectivity index (χ3v) is 5.02. The molecule has 160 valence electrons. The van der Waals surface area contributed by atoms with E-state index >= 15 is 0 Å². The van der Waals surface area contributed by atoms with Crippen LogP contribution < -0.4 is 19.5 Å². The first kappa shape index (κ1) is 21.9. The van der Waals surface area contributed by atoms with Gasteiger partial charge in [-0.3, -0.25) is 10.1 Å². The number of thiophene rings is 1. The summed E-state index contributed by atoms with van der Waals surface area (Å²) < 4.78 is 23.4. The van der Waals surface area contributed by atoms with E-state index in [1.165, 1.54) is 11.3 Å². The molecule has 0 bridgehead atoms. The van der Waals surface area contributed by atoms with Crippen molar-refractivity contribution in [3.63, 3.8) is 0 Å². The number of nitrogens with one attached hydrogen (secondary N) is 1. The van der Waals surface area contributed by atoms with Gasteiger partial charge in [0.05, 0.1) is 30.6 Å². The molecule has 0 spiro atoms. The number of rotatable bonds is 10. The Kier molecular flexibility index (Phi) is 7.53. The predicted octanol–water partition coefficient (Wildman–Crippen LogP) is 4.83. The van der Waals surface area contributed by atoms with Crippen LogP contribution in [0, 0.1) is 0 Å². The molecule has 8 nitrogen and oxygen atoms in total. The molecule has 1 amide bonds. The van der Waals surface area contributed by atoms with E-state index in [0.717, 1.165) is 4.88 Å². The van der Waals surface area contributed by atoms with Gasteiger partial charge in [-0.05, 0) is 45.0 Å². The highest BCUT2D eigenvalue weighted by Crippen LogP contribution is 2.41. The Labute approximate surface area is 183 Å². The summed E-state index contributed by atoms with van der Waals surface area (Å²) in [5.41, 5.74) is 0.586. The zero-order valence-electron chi connectivity index (χ0n) is 16.9. The maximum Gasteiger partial charge on any atom is 0.322 e. The number of benzene rings is 1. The average molecular weight is 452 g/mol. The van der Waals surface area contributed by atoms with Crippen molar-refractivity contribution >= 4 is 34.9 Å². The normalized spacial score (nSPS) is 10.7. The van der Waals surface area contributed by atoms with E-state index in [0.29, 0.717) is 47.0 Å². The molecule has 3 aromatic rings. The summed E-state index contributed by atoms with van der Waals surface area (Å²) in [5, 5.41) is 10.5. The summed E-state index contributed by atoms with van der Waals surface area (Å²) in [6.07, 6.45) is 0.168. The van der Waals surface area contributed by atoms with E-state index in [-0.39, 0.29) is 24.2 Å². The van der Waals surface area contributed by atoms with Gasteiger partial charge in [-0.1, -0.05) is 16.7 Å². The highest BCUT2D eigenvalue weighted by molar-refractivity contribution is 7.16. The maximum atomic E-state index is 12.2. The van der Waals surface area contributed by atoms with Gasteiger partial charge in [0.15, 0.2) is 11.5 Å². The van der Waals surface area contributed by atoms with Crippen molar-refractivity contribution in [1.29, 1.82) is 0 Å². The fourth-order valence-electron chi connectivity index (χ4n) is 2.67. The lowest BCUT2D eigenvalue weighted by Gasteiger charge is -2.16. The molecule has 1 aromatic carbocycles. The molecule has 0 fully saturated rings. The number of hydrogen-bond donors (Lipinski definition) is 1. The van der Waals surface area contributed by atoms with Crippen LogP contribution in [0.1, 0.15) is 25.6 Å². The summed E-state index contributed by atoms with van der Waals surface area (Å²) in [6, 6.07) is 7.03. The molecule has 0 atom stereocenters. The van der Waals surface area contributed by atoms with Crippen LogP contribution in [-0.2, 0) is 11.2 Å². The lowest BCUT2D eigenvalue weighted by molar-refractivity contribution is -0.115. The molecule has 2 aromatic heterocycles. The summed E-state index contributed by atoms with van der Waals surface area (Å²) >= 11 is 7.24. The number of amides is 1. The topological polar surface area (TPSA) is 95.7 Å². The van der Waals surface area contributed by atoms with Crippen LogP contribution in [0.5, 0.6) is 17.2 Å². The van der Waals surface area contributed by atoms with Gasteiger partial charge in [-0.2, -0.15) is 0 Å². The van der Waals surface area contributed by atoms with Crippen LogP contribution in [-0.4, -0.2) is 35.9 Å². The number of aromatic nitrogens is 2. The van der Waals surface area contributed by atoms with Crippen LogP contribution >= 0.6 is 22.9 Å². The van der Waals surface area contributed by atoms with Crippen LogP contribution in [0.3, 0.4) is 0 Å². The molecule has 30 heavy (non-hydrogen) atoms. The zero-order valence-corrected chi connectivity index (χ0v) is 18.4. The fourth-order valence-corrected chi connectivity index (χ4v) is 3.76. The Bertz CT molecular complexity index is 977. The van der Waals surface area contributed by atoms with Gasteiger partial charge in [0, 0.05) is 10.4 Å². The molecule has 0 saturated heterocycles. The van der Waals surface area contributed by atoms with Crippen LogP contribution in [0.25, 0.3) is 11.5 Å². The van der Waals surface area contributed by atoms with Crippen molar-refractivity contribution < 1.29 is 23.4 Å². The SMILES string of the molecule is CCOc1cc(-c2nnc(NC(=O)Cc3ccc(Cl)s3)o2)cc(OCC)c1OCC. The molecule has 0 aliphatic carbocycles. The molecular formula is C20H22ClN3O5S. The molecule has 0 unspecified atom stereocenters. The van der Waals surface area contributed by atoms with E-state index < -0.39 is 0 Å². The number of nitrogens with zero attached hydrogens (tertiary/aromatic N) is 2. The molecule has 0 aliphatic heterocycles. The molecular weight excluding hydrogens is 430 g/mol. The summed E-state index contributed by atoms with van der Waals surface area (Å²) in [7, 11) is 0. The standard InChI is InChI=1S/C20H22ClN3O5S/c1-4-26-14-9-12(10-15(27-5-2)18(14)28-6-3)19-23-24-20(29-19)22-17(25)11-13-7-8-16(21)30-13/h7-10H,4-6,11H2,1-3H3,(H,22,24,25). The molecule has 3 rings (SSSR count). The minimum absolute atomic E-state index is 0.00228. The Morgan fingerprint density at radius 1 is 1.07 bits per heavy atom. The highest BCUT2D eigenvalue weighted by Gasteiger charge is 2.19. The lowest BCUT2D eigenvalue weighted by Crippen LogP contribution is -2.13. The quantitative estimate of drug-likeness (QED) is 0.471. The van der Waals surface area contributed by atoms with Crippen LogP contribution in [0.2, 0.25) is 4.34 Å². The lowest BCUT2D eigenvalue weighted by atomic mass is 10.2. The van der Waals surface area contributed by atoms with Gasteiger partial charge >= 0.3 is 6.01 Å². The first-order valence-corrected chi connectivity index (χ1v) is 10.7. The van der Waals surface area contributed by atoms with Crippen molar-refractivity contribution in [2.45, 2.75) is 27.2 Å². The van der Waals surface area contributed by atoms with E-state index in [1.54, 1.807) is 24.3 Å². The van der Waals surface area contributed by atoms with Gasteiger partial charge < -0.3 is 18.6 Å². The number of hydrogen-bond acceptors (Lipinski definition) is 8. The molecule has 2 heterocycles. The number of ether oxygens (including phenoxy) is 3. The minimum atomic E-state index is -0.277. The van der Waals surface area contributed by atoms with E-state index in [4.69, 9.17) is 30.2 Å². The second-order valence-electron chi connectivity index (χ2n) is 5.94. The van der Waals surface area contributed by atoms with E-state index in [2.05, 4.69) is 15.5 Å². The van der Waals surface area contributed by atoms with Gasteiger partial charge in [-0.25, -0.2) is 0 Å². The molecule has 0 radical (unpaired) electrons. The second kappa shape index (κ2) is 10.3. The van der Waals surface area contributed by atoms with Crippen molar-refractivity contribution in [1.82, 2.24) is 10.2 Å². The Morgan fingerprint density at radius 3 is 2.30 bits per heavy atom. The highest BCUT2D eigenvalue weighted by atomic mass is 35.5. The Hall–Kier alpha value is -2.78. The molecule has 0 saturated carbocycles. The van der Waals surface area contributed by atoms with Crippen LogP contribution in [0.15, 0.2) is 28.7 Å². The Balaban J connectivity index is 1.81. The Morgan fingerprint density at radius 2 is 1.73 bits per heavy atom. The molecule has 0 aliphatic rings. The number of anilines is 1. The first-order valence-electron chi connectivity index (χ1n) is 9.48. The van der Waals surface area contributed by atoms with Crippen molar-refractivity contribution in [2.24, 2.45) is 0 Å². The van der Waals surface area contributed by atoms with Gasteiger partial charge in [0.2, 0.25) is 17.5 Å². The summed E-state index contributed by atoms with van der Waals surface area (Å²) in [4.78, 5) is 13.0. The van der Waals surface area contributed by atoms with Gasteiger partial charge in [0.1, 0.15) is 0 Å².